The van der Waals surface area contributed by atoms with E-state index in [2.05, 4.69) is 55.4 Å². The van der Waals surface area contributed by atoms with E-state index in [1.807, 2.05) is 0 Å². The van der Waals surface area contributed by atoms with Crippen LogP contribution in [0.3, 0.4) is 0 Å². The van der Waals surface area contributed by atoms with Crippen molar-refractivity contribution in [3.63, 3.8) is 0 Å². The summed E-state index contributed by atoms with van der Waals surface area (Å²) in [6, 6.07) is 0. The molecular formula is C74H144O17P2. The van der Waals surface area contributed by atoms with Gasteiger partial charge in [0.15, 0.2) is 12.2 Å². The van der Waals surface area contributed by atoms with Crippen LogP contribution in [0, 0.1) is 23.7 Å². The Bertz CT molecular complexity index is 1830. The molecule has 552 valence electrons. The molecule has 0 aromatic rings. The predicted molar refractivity (Wildman–Crippen MR) is 377 cm³/mol. The minimum atomic E-state index is -4.95. The summed E-state index contributed by atoms with van der Waals surface area (Å²) >= 11 is 0. The Labute approximate surface area is 568 Å². The summed E-state index contributed by atoms with van der Waals surface area (Å²) in [6.45, 7) is 14.1. The van der Waals surface area contributed by atoms with E-state index in [-0.39, 0.29) is 25.7 Å². The highest BCUT2D eigenvalue weighted by atomic mass is 31.2. The Morgan fingerprint density at radius 1 is 0.269 bits per heavy atom. The Morgan fingerprint density at radius 2 is 0.452 bits per heavy atom. The maximum Gasteiger partial charge on any atom is 0.472 e. The number of phosphoric acid groups is 2. The van der Waals surface area contributed by atoms with Gasteiger partial charge in [-0.05, 0) is 49.4 Å². The second kappa shape index (κ2) is 63.5. The van der Waals surface area contributed by atoms with Gasteiger partial charge in [0, 0.05) is 25.7 Å². The Morgan fingerprint density at radius 3 is 0.667 bits per heavy atom. The summed E-state index contributed by atoms with van der Waals surface area (Å²) in [6.07, 6.45) is 47.5. The van der Waals surface area contributed by atoms with Gasteiger partial charge in [0.05, 0.1) is 26.4 Å². The number of rotatable bonds is 71. The number of ether oxygens (including phenoxy) is 4. The lowest BCUT2D eigenvalue weighted by Gasteiger charge is -2.21. The van der Waals surface area contributed by atoms with Gasteiger partial charge in [0.25, 0.3) is 0 Å². The first-order valence-electron chi connectivity index (χ1n) is 38.2. The van der Waals surface area contributed by atoms with Crippen molar-refractivity contribution >= 4 is 39.5 Å². The van der Waals surface area contributed by atoms with Gasteiger partial charge in [-0.15, -0.1) is 0 Å². The van der Waals surface area contributed by atoms with Crippen LogP contribution < -0.4 is 0 Å². The molecule has 5 atom stereocenters. The maximum absolute atomic E-state index is 13.0. The van der Waals surface area contributed by atoms with Gasteiger partial charge >= 0.3 is 39.5 Å². The monoisotopic (exact) mass is 1370 g/mol. The molecule has 0 saturated heterocycles. The zero-order valence-electron chi connectivity index (χ0n) is 60.9. The van der Waals surface area contributed by atoms with Crippen LogP contribution in [0.1, 0.15) is 370 Å². The molecule has 0 aromatic carbocycles. The van der Waals surface area contributed by atoms with Crippen LogP contribution in [0.5, 0.6) is 0 Å². The molecule has 0 aliphatic rings. The minimum Gasteiger partial charge on any atom is -0.462 e. The molecule has 0 rings (SSSR count). The largest absolute Gasteiger partial charge is 0.472 e. The van der Waals surface area contributed by atoms with E-state index in [0.717, 1.165) is 108 Å². The molecule has 3 N–H and O–H groups in total. The molecule has 19 heteroatoms. The van der Waals surface area contributed by atoms with E-state index >= 15 is 0 Å². The van der Waals surface area contributed by atoms with Crippen molar-refractivity contribution in [3.05, 3.63) is 0 Å². The van der Waals surface area contributed by atoms with E-state index in [4.69, 9.17) is 37.0 Å². The maximum atomic E-state index is 13.0. The fourth-order valence-corrected chi connectivity index (χ4v) is 12.8. The molecule has 0 fully saturated rings. The molecule has 0 radical (unpaired) electrons. The van der Waals surface area contributed by atoms with Crippen molar-refractivity contribution in [1.29, 1.82) is 0 Å². The average molecular weight is 1370 g/mol. The van der Waals surface area contributed by atoms with Crippen LogP contribution in [-0.4, -0.2) is 96.7 Å². The first-order chi connectivity index (χ1) is 44.6. The number of aliphatic hydroxyl groups excluding tert-OH is 1. The van der Waals surface area contributed by atoms with E-state index in [1.54, 1.807) is 0 Å². The van der Waals surface area contributed by atoms with Gasteiger partial charge < -0.3 is 33.8 Å². The number of esters is 4. The van der Waals surface area contributed by atoms with E-state index in [0.29, 0.717) is 37.5 Å². The van der Waals surface area contributed by atoms with Crippen LogP contribution >= 0.6 is 15.6 Å². The summed E-state index contributed by atoms with van der Waals surface area (Å²) in [5, 5.41) is 10.6. The van der Waals surface area contributed by atoms with Crippen LogP contribution in [0.2, 0.25) is 0 Å². The third-order valence-electron chi connectivity index (χ3n) is 17.1. The van der Waals surface area contributed by atoms with Crippen molar-refractivity contribution < 1.29 is 80.2 Å². The van der Waals surface area contributed by atoms with E-state index in [9.17, 15) is 43.2 Å². The van der Waals surface area contributed by atoms with Gasteiger partial charge in [-0.1, -0.05) is 319 Å². The normalized spacial score (nSPS) is 14.2. The van der Waals surface area contributed by atoms with Crippen LogP contribution in [0.25, 0.3) is 0 Å². The smallest absolute Gasteiger partial charge is 0.462 e. The number of unbranched alkanes of at least 4 members (excludes halogenated alkanes) is 37. The number of hydrogen-bond acceptors (Lipinski definition) is 15. The summed E-state index contributed by atoms with van der Waals surface area (Å²) in [4.78, 5) is 72.6. The SMILES string of the molecule is CC(C)CCCCCCCCCCCCCCCCCCC(=O)O[C@H](COC(=O)CCCCCCCCCC(C)C)COP(=O)(O)OCC(O)COP(=O)(O)OC[C@@H](COC(=O)CCCCCCCCCCCCCCC(C)C)OC(=O)CCCCCCCCC(C)C. The quantitative estimate of drug-likeness (QED) is 0.0222. The molecule has 93 heavy (non-hydrogen) atoms. The second-order valence-electron chi connectivity index (χ2n) is 28.6. The van der Waals surface area contributed by atoms with Gasteiger partial charge in [-0.3, -0.25) is 37.3 Å². The van der Waals surface area contributed by atoms with Crippen molar-refractivity contribution in [1.82, 2.24) is 0 Å². The summed E-state index contributed by atoms with van der Waals surface area (Å²) in [5.74, 6) is 0.836. The van der Waals surface area contributed by atoms with E-state index < -0.39 is 97.5 Å². The lowest BCUT2D eigenvalue weighted by molar-refractivity contribution is -0.161. The molecule has 17 nitrogen and oxygen atoms in total. The highest BCUT2D eigenvalue weighted by Crippen LogP contribution is 2.45. The highest BCUT2D eigenvalue weighted by molar-refractivity contribution is 7.47. The standard InChI is InChI=1S/C74H144O17P2/c1-64(2)50-42-34-26-21-17-13-11-9-10-12-14-20-24-30-40-48-56-73(78)90-69(60-85-72(77)55-47-39-31-25-28-36-44-52-66(5)6)62-88-92(80,81)86-58-68(75)59-87-93(82,83)89-63-70(91-74(79)57-49-41-33-32-37-45-53-67(7)8)61-84-71(76)54-46-38-29-23-19-16-15-18-22-27-35-43-51-65(3)4/h64-70,75H,9-63H2,1-8H3,(H,80,81)(H,82,83)/t68?,69-,70-/m1/s1. The van der Waals surface area contributed by atoms with Gasteiger partial charge in [0.2, 0.25) is 0 Å². The molecule has 0 aromatic heterocycles. The number of aliphatic hydroxyl groups is 1. The fourth-order valence-electron chi connectivity index (χ4n) is 11.2. The summed E-state index contributed by atoms with van der Waals surface area (Å²) in [7, 11) is -9.91. The predicted octanol–water partition coefficient (Wildman–Crippen LogP) is 21.3. The van der Waals surface area contributed by atoms with Crippen molar-refractivity contribution in [3.8, 4) is 0 Å². The third-order valence-corrected chi connectivity index (χ3v) is 19.0. The Hall–Kier alpha value is -1.94. The lowest BCUT2D eigenvalue weighted by Crippen LogP contribution is -2.30. The molecule has 0 aliphatic carbocycles. The van der Waals surface area contributed by atoms with Gasteiger partial charge in [-0.2, -0.15) is 0 Å². The molecular weight excluding hydrogens is 1220 g/mol. The van der Waals surface area contributed by atoms with Crippen molar-refractivity contribution in [2.45, 2.75) is 388 Å². The van der Waals surface area contributed by atoms with Crippen molar-refractivity contribution in [2.24, 2.45) is 23.7 Å². The first-order valence-corrected chi connectivity index (χ1v) is 41.2. The second-order valence-corrected chi connectivity index (χ2v) is 31.5. The van der Waals surface area contributed by atoms with Gasteiger partial charge in [0.1, 0.15) is 19.3 Å². The first kappa shape index (κ1) is 91.1. The van der Waals surface area contributed by atoms with Crippen LogP contribution in [-0.2, 0) is 65.4 Å². The molecule has 0 bridgehead atoms. The van der Waals surface area contributed by atoms with Crippen LogP contribution in [0.4, 0.5) is 0 Å². The summed E-state index contributed by atoms with van der Waals surface area (Å²) in [5.41, 5.74) is 0. The molecule has 0 amide bonds. The number of carbonyl (C=O) groups is 4. The molecule has 0 heterocycles. The highest BCUT2D eigenvalue weighted by Gasteiger charge is 2.30. The number of phosphoric ester groups is 2. The molecule has 0 spiro atoms. The average Bonchev–Trinajstić information content (AvgIpc) is 2.59. The number of carbonyl (C=O) groups excluding carboxylic acids is 4. The fraction of sp³-hybridized carbons (Fsp3) is 0.946. The lowest BCUT2D eigenvalue weighted by atomic mass is 10.0. The zero-order chi connectivity index (χ0) is 68.9. The van der Waals surface area contributed by atoms with Crippen LogP contribution in [0.15, 0.2) is 0 Å². The Kier molecular flexibility index (Phi) is 62.2. The topological polar surface area (TPSA) is 237 Å². The van der Waals surface area contributed by atoms with Gasteiger partial charge in [-0.25, -0.2) is 9.13 Å². The van der Waals surface area contributed by atoms with E-state index in [1.165, 1.54) is 167 Å². The Balaban J connectivity index is 5.17. The molecule has 0 aliphatic heterocycles. The minimum absolute atomic E-state index is 0.102. The third kappa shape index (κ3) is 68.4. The zero-order valence-corrected chi connectivity index (χ0v) is 62.7. The van der Waals surface area contributed by atoms with Crippen molar-refractivity contribution in [2.75, 3.05) is 39.6 Å². The number of hydrogen-bond donors (Lipinski definition) is 3. The molecule has 3 unspecified atom stereocenters. The molecule has 0 saturated carbocycles. The summed E-state index contributed by atoms with van der Waals surface area (Å²) < 4.78 is 68.4.